The second kappa shape index (κ2) is 5.78. The minimum absolute atomic E-state index is 0.269. The number of ketones is 1. The van der Waals surface area contributed by atoms with E-state index in [1.54, 1.807) is 0 Å². The summed E-state index contributed by atoms with van der Waals surface area (Å²) in [6, 6.07) is 7.68. The zero-order valence-electron chi connectivity index (χ0n) is 10.8. The molecule has 100 valence electrons. The zero-order valence-corrected chi connectivity index (χ0v) is 11.6. The van der Waals surface area contributed by atoms with Crippen LogP contribution < -0.4 is 0 Å². The third-order valence-electron chi connectivity index (χ3n) is 3.67. The quantitative estimate of drug-likeness (QED) is 0.789. The Morgan fingerprint density at radius 1 is 1.26 bits per heavy atom. The molecule has 1 heterocycles. The van der Waals surface area contributed by atoms with Crippen molar-refractivity contribution in [3.05, 3.63) is 24.3 Å². The highest BCUT2D eigenvalue weighted by molar-refractivity contribution is 7.99. The number of Topliss-reactive ketones (excluding diaryl/α,β-unsaturated/α-hetero) is 1. The number of nitrogens with zero attached hydrogens (tertiary/aromatic N) is 1. The van der Waals surface area contributed by atoms with E-state index in [0.29, 0.717) is 16.8 Å². The second-order valence-corrected chi connectivity index (χ2v) is 5.96. The molecule has 1 aromatic heterocycles. The van der Waals surface area contributed by atoms with Gasteiger partial charge in [0.05, 0.1) is 5.75 Å². The molecule has 0 N–H and O–H groups in total. The Labute approximate surface area is 116 Å². The minimum Gasteiger partial charge on any atom is -0.431 e. The molecule has 0 saturated heterocycles. The molecule has 0 unspecified atom stereocenters. The molecular weight excluding hydrogens is 258 g/mol. The fourth-order valence-electron chi connectivity index (χ4n) is 2.59. The van der Waals surface area contributed by atoms with Gasteiger partial charge in [-0.05, 0) is 25.0 Å². The van der Waals surface area contributed by atoms with Crippen LogP contribution in [0.2, 0.25) is 0 Å². The summed E-state index contributed by atoms with van der Waals surface area (Å²) in [5.74, 6) is 1.11. The summed E-state index contributed by atoms with van der Waals surface area (Å²) < 4.78 is 5.61. The largest absolute Gasteiger partial charge is 0.431 e. The molecule has 19 heavy (non-hydrogen) atoms. The van der Waals surface area contributed by atoms with E-state index in [2.05, 4.69) is 4.98 Å². The molecule has 1 fully saturated rings. The van der Waals surface area contributed by atoms with E-state index in [9.17, 15) is 4.79 Å². The van der Waals surface area contributed by atoms with Crippen molar-refractivity contribution in [3.8, 4) is 0 Å². The van der Waals surface area contributed by atoms with Crippen LogP contribution in [0.4, 0.5) is 0 Å². The molecule has 1 aliphatic rings. The molecule has 1 aliphatic carbocycles. The molecule has 1 saturated carbocycles. The highest BCUT2D eigenvalue weighted by atomic mass is 32.2. The minimum atomic E-state index is 0.269. The van der Waals surface area contributed by atoms with Crippen molar-refractivity contribution >= 4 is 28.6 Å². The van der Waals surface area contributed by atoms with Gasteiger partial charge in [0.1, 0.15) is 11.3 Å². The lowest BCUT2D eigenvalue weighted by Gasteiger charge is -2.19. The van der Waals surface area contributed by atoms with Gasteiger partial charge in [0, 0.05) is 5.92 Å². The summed E-state index contributed by atoms with van der Waals surface area (Å²) >= 11 is 1.42. The number of carbonyl (C=O) groups is 1. The maximum absolute atomic E-state index is 12.1. The SMILES string of the molecule is O=C(CSc1nc2ccccc2o1)C1CCCCC1. The Bertz CT molecular complexity index is 539. The van der Waals surface area contributed by atoms with Crippen molar-refractivity contribution in [1.29, 1.82) is 0 Å². The number of oxazole rings is 1. The summed E-state index contributed by atoms with van der Waals surface area (Å²) in [5, 5.41) is 0.602. The molecular formula is C15H17NO2S. The molecule has 0 spiro atoms. The highest BCUT2D eigenvalue weighted by Crippen LogP contribution is 2.28. The van der Waals surface area contributed by atoms with Crippen LogP contribution in [0.25, 0.3) is 11.1 Å². The summed E-state index contributed by atoms with van der Waals surface area (Å²) in [4.78, 5) is 16.5. The second-order valence-electron chi connectivity index (χ2n) is 5.04. The van der Waals surface area contributed by atoms with Crippen LogP contribution in [0, 0.1) is 5.92 Å². The first-order valence-corrected chi connectivity index (χ1v) is 7.82. The van der Waals surface area contributed by atoms with Gasteiger partial charge in [-0.25, -0.2) is 4.98 Å². The fraction of sp³-hybridized carbons (Fsp3) is 0.467. The maximum atomic E-state index is 12.1. The van der Waals surface area contributed by atoms with Crippen LogP contribution in [0.5, 0.6) is 0 Å². The Morgan fingerprint density at radius 2 is 2.05 bits per heavy atom. The topological polar surface area (TPSA) is 43.1 Å². The van der Waals surface area contributed by atoms with E-state index < -0.39 is 0 Å². The first kappa shape index (κ1) is 12.7. The first-order chi connectivity index (χ1) is 9.33. The van der Waals surface area contributed by atoms with E-state index >= 15 is 0 Å². The van der Waals surface area contributed by atoms with E-state index in [1.807, 2.05) is 24.3 Å². The third kappa shape index (κ3) is 3.00. The van der Waals surface area contributed by atoms with Crippen molar-refractivity contribution in [3.63, 3.8) is 0 Å². The van der Waals surface area contributed by atoms with Gasteiger partial charge in [-0.1, -0.05) is 43.2 Å². The molecule has 4 heteroatoms. The summed E-state index contributed by atoms with van der Waals surface area (Å²) in [7, 11) is 0. The molecule has 3 nitrogen and oxygen atoms in total. The maximum Gasteiger partial charge on any atom is 0.257 e. The fourth-order valence-corrected chi connectivity index (χ4v) is 3.40. The predicted octanol–water partition coefficient (Wildman–Crippen LogP) is 4.07. The Balaban J connectivity index is 1.60. The standard InChI is InChI=1S/C15H17NO2S/c17-13(11-6-2-1-3-7-11)10-19-15-16-12-8-4-5-9-14(12)18-15/h4-5,8-9,11H,1-3,6-7,10H2. The van der Waals surface area contributed by atoms with E-state index in [0.717, 1.165) is 23.9 Å². The van der Waals surface area contributed by atoms with Gasteiger partial charge in [-0.3, -0.25) is 4.79 Å². The lowest BCUT2D eigenvalue weighted by molar-refractivity contribution is -0.121. The summed E-state index contributed by atoms with van der Waals surface area (Å²) in [6.45, 7) is 0. The van der Waals surface area contributed by atoms with E-state index in [1.165, 1.54) is 31.0 Å². The number of rotatable bonds is 4. The normalized spacial score (nSPS) is 16.8. The highest BCUT2D eigenvalue weighted by Gasteiger charge is 2.21. The van der Waals surface area contributed by atoms with Crippen LogP contribution >= 0.6 is 11.8 Å². The van der Waals surface area contributed by atoms with Gasteiger partial charge in [-0.2, -0.15) is 0 Å². The van der Waals surface area contributed by atoms with Crippen molar-refractivity contribution < 1.29 is 9.21 Å². The molecule has 3 rings (SSSR count). The molecule has 2 aromatic rings. The first-order valence-electron chi connectivity index (χ1n) is 6.84. The van der Waals surface area contributed by atoms with Crippen molar-refractivity contribution in [2.75, 3.05) is 5.75 Å². The third-order valence-corrected chi connectivity index (χ3v) is 4.52. The van der Waals surface area contributed by atoms with Crippen molar-refractivity contribution in [1.82, 2.24) is 4.98 Å². The number of aromatic nitrogens is 1. The van der Waals surface area contributed by atoms with Crippen LogP contribution in [0.15, 0.2) is 33.9 Å². The molecule has 0 radical (unpaired) electrons. The molecule has 0 atom stereocenters. The lowest BCUT2D eigenvalue weighted by atomic mass is 9.87. The van der Waals surface area contributed by atoms with Gasteiger partial charge < -0.3 is 4.42 Å². The molecule has 0 aliphatic heterocycles. The number of hydrogen-bond donors (Lipinski definition) is 0. The Hall–Kier alpha value is -1.29. The monoisotopic (exact) mass is 275 g/mol. The van der Waals surface area contributed by atoms with Crippen LogP contribution in [-0.4, -0.2) is 16.5 Å². The van der Waals surface area contributed by atoms with Crippen LogP contribution in [0.3, 0.4) is 0 Å². The van der Waals surface area contributed by atoms with Crippen LogP contribution in [-0.2, 0) is 4.79 Å². The van der Waals surface area contributed by atoms with E-state index in [-0.39, 0.29) is 5.92 Å². The van der Waals surface area contributed by atoms with E-state index in [4.69, 9.17) is 4.42 Å². The van der Waals surface area contributed by atoms with Gasteiger partial charge in [0.2, 0.25) is 0 Å². The lowest BCUT2D eigenvalue weighted by Crippen LogP contribution is -2.19. The molecule has 1 aromatic carbocycles. The number of benzene rings is 1. The van der Waals surface area contributed by atoms with Crippen molar-refractivity contribution in [2.24, 2.45) is 5.92 Å². The number of hydrogen-bond acceptors (Lipinski definition) is 4. The van der Waals surface area contributed by atoms with Crippen molar-refractivity contribution in [2.45, 2.75) is 37.3 Å². The summed E-state index contributed by atoms with van der Waals surface area (Å²) in [6.07, 6.45) is 5.80. The number of carbonyl (C=O) groups excluding carboxylic acids is 1. The number of thioether (sulfide) groups is 1. The molecule has 0 amide bonds. The predicted molar refractivity (Wildman–Crippen MR) is 76.3 cm³/mol. The van der Waals surface area contributed by atoms with Gasteiger partial charge in [0.15, 0.2) is 5.58 Å². The average molecular weight is 275 g/mol. The smallest absolute Gasteiger partial charge is 0.257 e. The number of fused-ring (bicyclic) bond motifs is 1. The van der Waals surface area contributed by atoms with Gasteiger partial charge in [0.25, 0.3) is 5.22 Å². The van der Waals surface area contributed by atoms with Gasteiger partial charge >= 0.3 is 0 Å². The van der Waals surface area contributed by atoms with Gasteiger partial charge in [-0.15, -0.1) is 0 Å². The Morgan fingerprint density at radius 3 is 2.84 bits per heavy atom. The average Bonchev–Trinajstić information content (AvgIpc) is 2.88. The molecule has 0 bridgehead atoms. The zero-order chi connectivity index (χ0) is 13.1. The number of para-hydroxylation sites is 2. The van der Waals surface area contributed by atoms with Crippen LogP contribution in [0.1, 0.15) is 32.1 Å². The summed E-state index contributed by atoms with van der Waals surface area (Å²) in [5.41, 5.74) is 1.64. The Kier molecular flexibility index (Phi) is 3.87.